The van der Waals surface area contributed by atoms with E-state index in [1.165, 1.54) is 11.9 Å². The molecule has 0 radical (unpaired) electrons. The zero-order valence-corrected chi connectivity index (χ0v) is 20.7. The Morgan fingerprint density at radius 2 is 1.60 bits per heavy atom. The van der Waals surface area contributed by atoms with Gasteiger partial charge in [0, 0.05) is 13.0 Å². The van der Waals surface area contributed by atoms with Crippen molar-refractivity contribution in [2.24, 2.45) is 0 Å². The van der Waals surface area contributed by atoms with Gasteiger partial charge in [-0.25, -0.2) is 9.59 Å². The molecule has 1 atom stereocenters. The minimum Gasteiger partial charge on any atom is -0.479 e. The third kappa shape index (κ3) is 4.40. The lowest BCUT2D eigenvalue weighted by Crippen LogP contribution is -2.63. The monoisotopic (exact) mass is 478 g/mol. The predicted molar refractivity (Wildman–Crippen MR) is 133 cm³/mol. The number of benzene rings is 2. The Morgan fingerprint density at radius 1 is 1.06 bits per heavy atom. The summed E-state index contributed by atoms with van der Waals surface area (Å²) in [6.45, 7) is 3.72. The predicted octanol–water partition coefficient (Wildman–Crippen LogP) is 4.94. The van der Waals surface area contributed by atoms with Gasteiger partial charge in [0.2, 0.25) is 5.91 Å². The van der Waals surface area contributed by atoms with Crippen LogP contribution in [-0.4, -0.2) is 52.7 Å². The summed E-state index contributed by atoms with van der Waals surface area (Å²) < 4.78 is 5.67. The first-order valence-electron chi connectivity index (χ1n) is 12.4. The standard InChI is InChI=1S/C28H34N2O5/c1-4-15-27(2,24(31)30(3)28(25(32)33)16-9-10-17-28)29-26(34)35-18-23-21-13-7-5-11-19(21)20-12-6-8-14-22(20)23/h5-8,11-14,23H,4,9-10,15-18H2,1-3H3,(H,29,34)(H,32,33). The Bertz CT molecular complexity index is 1080. The molecule has 186 valence electrons. The summed E-state index contributed by atoms with van der Waals surface area (Å²) in [6, 6.07) is 16.2. The molecular formula is C28H34N2O5. The molecule has 2 aliphatic carbocycles. The van der Waals surface area contributed by atoms with Crippen molar-refractivity contribution in [1.29, 1.82) is 0 Å². The van der Waals surface area contributed by atoms with E-state index in [9.17, 15) is 19.5 Å². The molecule has 4 rings (SSSR count). The third-order valence-electron chi connectivity index (χ3n) is 7.72. The Labute approximate surface area is 206 Å². The van der Waals surface area contributed by atoms with E-state index in [1.807, 2.05) is 43.3 Å². The number of hydrogen-bond acceptors (Lipinski definition) is 4. The van der Waals surface area contributed by atoms with Gasteiger partial charge in [0.25, 0.3) is 0 Å². The minimum atomic E-state index is -1.27. The molecule has 1 unspecified atom stereocenters. The molecule has 2 amide bonds. The van der Waals surface area contributed by atoms with Crippen LogP contribution in [0.25, 0.3) is 11.1 Å². The molecule has 0 spiro atoms. The molecule has 2 aliphatic rings. The third-order valence-corrected chi connectivity index (χ3v) is 7.72. The fourth-order valence-electron chi connectivity index (χ4n) is 5.80. The van der Waals surface area contributed by atoms with Gasteiger partial charge in [-0.3, -0.25) is 4.79 Å². The Morgan fingerprint density at radius 3 is 2.11 bits per heavy atom. The summed E-state index contributed by atoms with van der Waals surface area (Å²) >= 11 is 0. The van der Waals surface area contributed by atoms with E-state index in [4.69, 9.17) is 4.74 Å². The number of likely N-dealkylation sites (N-methyl/N-ethyl adjacent to an activating group) is 1. The van der Waals surface area contributed by atoms with Crippen LogP contribution in [-0.2, 0) is 14.3 Å². The average molecular weight is 479 g/mol. The molecule has 1 fully saturated rings. The van der Waals surface area contributed by atoms with Crippen LogP contribution >= 0.6 is 0 Å². The highest BCUT2D eigenvalue weighted by Gasteiger charge is 2.50. The first-order chi connectivity index (χ1) is 16.7. The zero-order chi connectivity index (χ0) is 25.2. The lowest BCUT2D eigenvalue weighted by molar-refractivity contribution is -0.160. The Kier molecular flexibility index (Phi) is 6.88. The number of nitrogens with zero attached hydrogens (tertiary/aromatic N) is 1. The Balaban J connectivity index is 1.49. The second-order valence-corrected chi connectivity index (χ2v) is 9.94. The summed E-state index contributed by atoms with van der Waals surface area (Å²) in [6.07, 6.45) is 2.67. The maximum absolute atomic E-state index is 13.6. The summed E-state index contributed by atoms with van der Waals surface area (Å²) in [5.41, 5.74) is 2.00. The zero-order valence-electron chi connectivity index (χ0n) is 20.7. The number of nitrogens with one attached hydrogen (secondary N) is 1. The molecule has 0 aliphatic heterocycles. The quantitative estimate of drug-likeness (QED) is 0.560. The molecular weight excluding hydrogens is 444 g/mol. The van der Waals surface area contributed by atoms with Crippen LogP contribution < -0.4 is 5.32 Å². The molecule has 0 bridgehead atoms. The van der Waals surface area contributed by atoms with Crippen LogP contribution in [0.1, 0.15) is 69.4 Å². The number of carboxylic acid groups (broad SMARTS) is 1. The average Bonchev–Trinajstić information content (AvgIpc) is 3.46. The van der Waals surface area contributed by atoms with E-state index in [0.717, 1.165) is 35.1 Å². The number of fused-ring (bicyclic) bond motifs is 3. The molecule has 0 heterocycles. The fourth-order valence-corrected chi connectivity index (χ4v) is 5.80. The van der Waals surface area contributed by atoms with Gasteiger partial charge in [0.05, 0.1) is 0 Å². The van der Waals surface area contributed by atoms with Crippen LogP contribution in [0.4, 0.5) is 4.79 Å². The Hall–Kier alpha value is -3.35. The van der Waals surface area contributed by atoms with Crippen molar-refractivity contribution in [3.63, 3.8) is 0 Å². The normalized spacial score (nSPS) is 17.7. The summed E-state index contributed by atoms with van der Waals surface area (Å²) in [5.74, 6) is -1.49. The maximum atomic E-state index is 13.6. The molecule has 35 heavy (non-hydrogen) atoms. The van der Waals surface area contributed by atoms with Gasteiger partial charge in [-0.15, -0.1) is 0 Å². The van der Waals surface area contributed by atoms with Crippen LogP contribution in [0.2, 0.25) is 0 Å². The highest BCUT2D eigenvalue weighted by atomic mass is 16.5. The summed E-state index contributed by atoms with van der Waals surface area (Å²) in [7, 11) is 1.54. The number of rotatable bonds is 8. The van der Waals surface area contributed by atoms with Crippen LogP contribution in [0, 0.1) is 0 Å². The van der Waals surface area contributed by atoms with E-state index in [1.54, 1.807) is 6.92 Å². The van der Waals surface area contributed by atoms with Crippen molar-refractivity contribution in [3.05, 3.63) is 59.7 Å². The van der Waals surface area contributed by atoms with E-state index >= 15 is 0 Å². The smallest absolute Gasteiger partial charge is 0.408 e. The largest absolute Gasteiger partial charge is 0.479 e. The van der Waals surface area contributed by atoms with Gasteiger partial charge < -0.3 is 20.1 Å². The van der Waals surface area contributed by atoms with Gasteiger partial charge in [0.15, 0.2) is 0 Å². The molecule has 1 saturated carbocycles. The highest BCUT2D eigenvalue weighted by molar-refractivity contribution is 5.94. The van der Waals surface area contributed by atoms with Crippen molar-refractivity contribution in [1.82, 2.24) is 10.2 Å². The molecule has 7 nitrogen and oxygen atoms in total. The SMILES string of the molecule is CCCC(C)(NC(=O)OCC1c2ccccc2-c2ccccc21)C(=O)N(C)C1(C(=O)O)CCCC1. The number of carbonyl (C=O) groups is 3. The van der Waals surface area contributed by atoms with E-state index in [-0.39, 0.29) is 12.5 Å². The van der Waals surface area contributed by atoms with E-state index in [2.05, 4.69) is 17.4 Å². The van der Waals surface area contributed by atoms with Crippen molar-refractivity contribution in [2.45, 2.75) is 69.4 Å². The number of hydrogen-bond donors (Lipinski definition) is 2. The second-order valence-electron chi connectivity index (χ2n) is 9.94. The molecule has 2 aromatic rings. The fraction of sp³-hybridized carbons (Fsp3) is 0.464. The lowest BCUT2D eigenvalue weighted by Gasteiger charge is -2.40. The van der Waals surface area contributed by atoms with E-state index in [0.29, 0.717) is 25.7 Å². The highest BCUT2D eigenvalue weighted by Crippen LogP contribution is 2.44. The van der Waals surface area contributed by atoms with Gasteiger partial charge in [-0.2, -0.15) is 0 Å². The van der Waals surface area contributed by atoms with Gasteiger partial charge >= 0.3 is 12.1 Å². The van der Waals surface area contributed by atoms with Crippen LogP contribution in [0.3, 0.4) is 0 Å². The molecule has 0 aromatic heterocycles. The molecule has 7 heteroatoms. The summed E-state index contributed by atoms with van der Waals surface area (Å²) in [4.78, 5) is 40.0. The molecule has 2 N–H and O–H groups in total. The van der Waals surface area contributed by atoms with Gasteiger partial charge in [0.1, 0.15) is 17.7 Å². The van der Waals surface area contributed by atoms with Crippen LogP contribution in [0.5, 0.6) is 0 Å². The number of aliphatic carboxylic acids is 1. The molecule has 2 aromatic carbocycles. The van der Waals surface area contributed by atoms with Crippen molar-refractivity contribution in [3.8, 4) is 11.1 Å². The van der Waals surface area contributed by atoms with E-state index < -0.39 is 29.0 Å². The van der Waals surface area contributed by atoms with Crippen LogP contribution in [0.15, 0.2) is 48.5 Å². The van der Waals surface area contributed by atoms with Gasteiger partial charge in [-0.1, -0.05) is 74.7 Å². The molecule has 0 saturated heterocycles. The first-order valence-corrected chi connectivity index (χ1v) is 12.4. The first kappa shape index (κ1) is 24.8. The number of amides is 2. The maximum Gasteiger partial charge on any atom is 0.408 e. The number of ether oxygens (including phenoxy) is 1. The van der Waals surface area contributed by atoms with Crippen molar-refractivity contribution in [2.75, 3.05) is 13.7 Å². The van der Waals surface area contributed by atoms with Gasteiger partial charge in [-0.05, 0) is 48.4 Å². The number of alkyl carbamates (subject to hydrolysis) is 1. The minimum absolute atomic E-state index is 0.0854. The lowest BCUT2D eigenvalue weighted by atomic mass is 9.89. The number of carbonyl (C=O) groups excluding carboxylic acids is 2. The van der Waals surface area contributed by atoms with Crippen molar-refractivity contribution >= 4 is 18.0 Å². The summed E-state index contributed by atoms with van der Waals surface area (Å²) in [5, 5.41) is 12.7. The number of carboxylic acids is 1. The topological polar surface area (TPSA) is 95.9 Å². The van der Waals surface area contributed by atoms with Crippen molar-refractivity contribution < 1.29 is 24.2 Å². The second kappa shape index (κ2) is 9.72.